The summed E-state index contributed by atoms with van der Waals surface area (Å²) in [4.78, 5) is 8.07. The molecule has 0 aliphatic rings. The van der Waals surface area contributed by atoms with Crippen LogP contribution in [0, 0.1) is 6.92 Å². The van der Waals surface area contributed by atoms with Gasteiger partial charge in [-0.25, -0.2) is 9.97 Å². The normalized spacial score (nSPS) is 11.0. The molecule has 0 N–H and O–H groups in total. The Hall–Kier alpha value is -2.31. The molecule has 0 spiro atoms. The maximum atomic E-state index is 4.20. The highest BCUT2D eigenvalue weighted by Gasteiger charge is 2.09. The molecule has 0 aliphatic heterocycles. The van der Waals surface area contributed by atoms with Gasteiger partial charge in [-0.2, -0.15) is 9.78 Å². The summed E-state index contributed by atoms with van der Waals surface area (Å²) in [5.74, 6) is 1.43. The maximum absolute atomic E-state index is 4.20. The van der Waals surface area contributed by atoms with Crippen LogP contribution in [0.25, 0.3) is 11.5 Å². The minimum atomic E-state index is 0.621. The maximum Gasteiger partial charge on any atom is 0.206 e. The SMILES string of the molecule is Cc1nnc2c(-n3cncn3)nccn12. The molecule has 0 radical (unpaired) electrons. The molecule has 0 atom stereocenters. The molecular weight excluding hydrogens is 194 g/mol. The van der Waals surface area contributed by atoms with Gasteiger partial charge in [-0.3, -0.25) is 4.40 Å². The Labute approximate surface area is 84.4 Å². The Kier molecular flexibility index (Phi) is 1.52. The molecule has 3 aromatic rings. The van der Waals surface area contributed by atoms with Crippen molar-refractivity contribution in [2.75, 3.05) is 0 Å². The van der Waals surface area contributed by atoms with Crippen molar-refractivity contribution >= 4 is 5.65 Å². The van der Waals surface area contributed by atoms with Crippen LogP contribution >= 0.6 is 0 Å². The number of hydrogen-bond acceptors (Lipinski definition) is 5. The van der Waals surface area contributed by atoms with Crippen molar-refractivity contribution < 1.29 is 0 Å². The summed E-state index contributed by atoms with van der Waals surface area (Å²) < 4.78 is 3.41. The van der Waals surface area contributed by atoms with Gasteiger partial charge in [0, 0.05) is 12.4 Å². The van der Waals surface area contributed by atoms with Crippen molar-refractivity contribution in [3.05, 3.63) is 30.9 Å². The zero-order valence-corrected chi connectivity index (χ0v) is 7.94. The van der Waals surface area contributed by atoms with Crippen molar-refractivity contribution in [2.24, 2.45) is 0 Å². The Morgan fingerprint density at radius 1 is 1.27 bits per heavy atom. The molecule has 15 heavy (non-hydrogen) atoms. The third kappa shape index (κ3) is 1.09. The van der Waals surface area contributed by atoms with Crippen LogP contribution in [0.4, 0.5) is 0 Å². The molecule has 0 unspecified atom stereocenters. The highest BCUT2D eigenvalue weighted by molar-refractivity contribution is 5.52. The summed E-state index contributed by atoms with van der Waals surface area (Å²) in [5.41, 5.74) is 0.667. The monoisotopic (exact) mass is 201 g/mol. The fraction of sp³-hybridized carbons (Fsp3) is 0.125. The third-order valence-electron chi connectivity index (χ3n) is 2.11. The molecule has 0 aliphatic carbocycles. The van der Waals surface area contributed by atoms with Crippen LogP contribution in [0.3, 0.4) is 0 Å². The van der Waals surface area contributed by atoms with Crippen molar-refractivity contribution in [3.63, 3.8) is 0 Å². The van der Waals surface area contributed by atoms with Crippen LogP contribution in [-0.2, 0) is 0 Å². The lowest BCUT2D eigenvalue weighted by Crippen LogP contribution is -2.02. The van der Waals surface area contributed by atoms with E-state index in [1.165, 1.54) is 6.33 Å². The lowest BCUT2D eigenvalue weighted by atomic mass is 10.6. The van der Waals surface area contributed by atoms with Gasteiger partial charge in [0.05, 0.1) is 0 Å². The van der Waals surface area contributed by atoms with Crippen LogP contribution in [-0.4, -0.2) is 34.3 Å². The summed E-state index contributed by atoms with van der Waals surface area (Å²) in [6, 6.07) is 0. The topological polar surface area (TPSA) is 73.8 Å². The average Bonchev–Trinajstić information content (AvgIpc) is 2.88. The number of aryl methyl sites for hydroxylation is 1. The third-order valence-corrected chi connectivity index (χ3v) is 2.11. The Balaban J connectivity index is 2.36. The molecule has 0 saturated heterocycles. The molecule has 74 valence electrons. The molecular formula is C8H7N7. The average molecular weight is 201 g/mol. The summed E-state index contributed by atoms with van der Waals surface area (Å²) in [6.07, 6.45) is 6.52. The van der Waals surface area contributed by atoms with Gasteiger partial charge in [0.2, 0.25) is 11.5 Å². The van der Waals surface area contributed by atoms with E-state index in [1.807, 2.05) is 17.5 Å². The van der Waals surface area contributed by atoms with Gasteiger partial charge in [-0.15, -0.1) is 10.2 Å². The van der Waals surface area contributed by atoms with Crippen LogP contribution in [0.1, 0.15) is 5.82 Å². The predicted molar refractivity (Wildman–Crippen MR) is 50.4 cm³/mol. The highest BCUT2D eigenvalue weighted by atomic mass is 15.4. The summed E-state index contributed by atoms with van der Waals surface area (Å²) in [7, 11) is 0. The zero-order chi connectivity index (χ0) is 10.3. The number of aromatic nitrogens is 7. The predicted octanol–water partition coefficient (Wildman–Crippen LogP) is 0.0134. The zero-order valence-electron chi connectivity index (χ0n) is 7.94. The van der Waals surface area contributed by atoms with E-state index in [1.54, 1.807) is 17.2 Å². The first-order valence-electron chi connectivity index (χ1n) is 4.37. The Morgan fingerprint density at radius 3 is 3.00 bits per heavy atom. The molecule has 7 heteroatoms. The second-order valence-corrected chi connectivity index (χ2v) is 3.03. The second-order valence-electron chi connectivity index (χ2n) is 3.03. The van der Waals surface area contributed by atoms with Gasteiger partial charge in [0.1, 0.15) is 18.5 Å². The molecule has 0 aromatic carbocycles. The van der Waals surface area contributed by atoms with Gasteiger partial charge < -0.3 is 0 Å². The summed E-state index contributed by atoms with van der Waals surface area (Å²) in [5, 5.41) is 12.0. The van der Waals surface area contributed by atoms with Gasteiger partial charge in [-0.1, -0.05) is 0 Å². The lowest BCUT2D eigenvalue weighted by molar-refractivity contribution is 0.838. The number of rotatable bonds is 1. The molecule has 0 amide bonds. The van der Waals surface area contributed by atoms with Crippen molar-refractivity contribution in [1.29, 1.82) is 0 Å². The summed E-state index contributed by atoms with van der Waals surface area (Å²) in [6.45, 7) is 1.88. The van der Waals surface area contributed by atoms with E-state index in [4.69, 9.17) is 0 Å². The van der Waals surface area contributed by atoms with E-state index in [0.717, 1.165) is 5.82 Å². The van der Waals surface area contributed by atoms with Crippen LogP contribution in [0.15, 0.2) is 25.0 Å². The van der Waals surface area contributed by atoms with Crippen LogP contribution in [0.5, 0.6) is 0 Å². The largest absolute Gasteiger partial charge is 0.282 e. The highest BCUT2D eigenvalue weighted by Crippen LogP contribution is 2.09. The van der Waals surface area contributed by atoms with Gasteiger partial charge >= 0.3 is 0 Å². The summed E-state index contributed by atoms with van der Waals surface area (Å²) >= 11 is 0. The first-order chi connectivity index (χ1) is 7.36. The second kappa shape index (κ2) is 2.84. The standard InChI is InChI=1S/C8H7N7/c1-6-12-13-8-7(10-2-3-14(6)8)15-5-9-4-11-15/h2-5H,1H3. The van der Waals surface area contributed by atoms with E-state index >= 15 is 0 Å². The number of nitrogens with zero attached hydrogens (tertiary/aromatic N) is 7. The molecule has 3 rings (SSSR count). The lowest BCUT2D eigenvalue weighted by Gasteiger charge is -2.00. The van der Waals surface area contributed by atoms with E-state index in [2.05, 4.69) is 25.3 Å². The fourth-order valence-electron chi connectivity index (χ4n) is 1.41. The minimum Gasteiger partial charge on any atom is -0.282 e. The van der Waals surface area contributed by atoms with Crippen LogP contribution in [0.2, 0.25) is 0 Å². The first kappa shape index (κ1) is 8.04. The van der Waals surface area contributed by atoms with E-state index in [9.17, 15) is 0 Å². The van der Waals surface area contributed by atoms with Crippen molar-refractivity contribution in [1.82, 2.24) is 34.3 Å². The fourth-order valence-corrected chi connectivity index (χ4v) is 1.41. The minimum absolute atomic E-state index is 0.621. The quantitative estimate of drug-likeness (QED) is 0.554. The van der Waals surface area contributed by atoms with E-state index < -0.39 is 0 Å². The van der Waals surface area contributed by atoms with Gasteiger partial charge in [0.15, 0.2) is 0 Å². The number of fused-ring (bicyclic) bond motifs is 1. The molecule has 0 bridgehead atoms. The van der Waals surface area contributed by atoms with E-state index in [-0.39, 0.29) is 0 Å². The van der Waals surface area contributed by atoms with Crippen molar-refractivity contribution in [3.8, 4) is 5.82 Å². The number of hydrogen-bond donors (Lipinski definition) is 0. The molecule has 3 aromatic heterocycles. The first-order valence-corrected chi connectivity index (χ1v) is 4.37. The van der Waals surface area contributed by atoms with Gasteiger partial charge in [0.25, 0.3) is 0 Å². The Morgan fingerprint density at radius 2 is 2.20 bits per heavy atom. The molecule has 0 fully saturated rings. The Bertz CT molecular complexity index is 595. The van der Waals surface area contributed by atoms with Crippen LogP contribution < -0.4 is 0 Å². The molecule has 3 heterocycles. The van der Waals surface area contributed by atoms with Gasteiger partial charge in [-0.05, 0) is 6.92 Å². The molecule has 7 nitrogen and oxygen atoms in total. The van der Waals surface area contributed by atoms with Crippen molar-refractivity contribution in [2.45, 2.75) is 6.92 Å². The van der Waals surface area contributed by atoms with E-state index in [0.29, 0.717) is 11.5 Å². The smallest absolute Gasteiger partial charge is 0.206 e. The molecule has 0 saturated carbocycles.